The molecular weight excluding hydrogens is 346 g/mol. The molecule has 1 saturated heterocycles. The van der Waals surface area contributed by atoms with Crippen LogP contribution in [0.3, 0.4) is 0 Å². The van der Waals surface area contributed by atoms with Gasteiger partial charge in [0.1, 0.15) is 0 Å². The average molecular weight is 369 g/mol. The molecule has 1 amide bonds. The molecule has 6 heteroatoms. The van der Waals surface area contributed by atoms with E-state index in [9.17, 15) is 4.79 Å². The van der Waals surface area contributed by atoms with Crippen molar-refractivity contribution in [3.63, 3.8) is 0 Å². The van der Waals surface area contributed by atoms with Crippen LogP contribution >= 0.6 is 12.2 Å². The Morgan fingerprint density at radius 1 is 1.12 bits per heavy atom. The van der Waals surface area contributed by atoms with Crippen LogP contribution in [0, 0.1) is 0 Å². The fourth-order valence-electron chi connectivity index (χ4n) is 2.81. The number of hydrogen-bond acceptors (Lipinski definition) is 3. The minimum atomic E-state index is -0.115. The highest BCUT2D eigenvalue weighted by atomic mass is 32.1. The van der Waals surface area contributed by atoms with Gasteiger partial charge < -0.3 is 20.7 Å². The quantitative estimate of drug-likeness (QED) is 0.683. The van der Waals surface area contributed by atoms with Crippen molar-refractivity contribution in [3.05, 3.63) is 65.7 Å². The van der Waals surface area contributed by atoms with E-state index in [2.05, 4.69) is 16.0 Å². The van der Waals surface area contributed by atoms with Crippen molar-refractivity contribution < 1.29 is 9.53 Å². The van der Waals surface area contributed by atoms with E-state index in [1.54, 1.807) is 12.1 Å². The molecule has 2 aromatic rings. The Morgan fingerprint density at radius 2 is 1.96 bits per heavy atom. The summed E-state index contributed by atoms with van der Waals surface area (Å²) in [5, 5.41) is 9.74. The van der Waals surface area contributed by atoms with E-state index in [4.69, 9.17) is 17.0 Å². The van der Waals surface area contributed by atoms with Gasteiger partial charge in [-0.15, -0.1) is 0 Å². The van der Waals surface area contributed by atoms with E-state index in [0.717, 1.165) is 30.7 Å². The summed E-state index contributed by atoms with van der Waals surface area (Å²) in [6, 6.07) is 17.1. The van der Waals surface area contributed by atoms with Crippen LogP contribution in [0.15, 0.2) is 54.6 Å². The number of amides is 1. The number of hydrogen-bond donors (Lipinski definition) is 3. The maximum absolute atomic E-state index is 12.4. The summed E-state index contributed by atoms with van der Waals surface area (Å²) in [6.45, 7) is 2.02. The van der Waals surface area contributed by atoms with E-state index < -0.39 is 0 Å². The first-order valence-electron chi connectivity index (χ1n) is 8.79. The van der Waals surface area contributed by atoms with Crippen molar-refractivity contribution >= 4 is 28.9 Å². The second-order valence-corrected chi connectivity index (χ2v) is 6.63. The van der Waals surface area contributed by atoms with Gasteiger partial charge in [-0.3, -0.25) is 4.79 Å². The molecule has 1 aliphatic rings. The topological polar surface area (TPSA) is 62.4 Å². The highest BCUT2D eigenvalue weighted by Crippen LogP contribution is 2.12. The third-order valence-electron chi connectivity index (χ3n) is 4.19. The number of carbonyl (C=O) groups excluding carboxylic acids is 1. The molecule has 136 valence electrons. The average Bonchev–Trinajstić information content (AvgIpc) is 3.19. The predicted octanol–water partition coefficient (Wildman–Crippen LogP) is 3.08. The summed E-state index contributed by atoms with van der Waals surface area (Å²) in [5.74, 6) is -0.115. The lowest BCUT2D eigenvalue weighted by atomic mass is 10.1. The van der Waals surface area contributed by atoms with Crippen LogP contribution in [-0.2, 0) is 11.3 Å². The van der Waals surface area contributed by atoms with Crippen molar-refractivity contribution in [1.29, 1.82) is 0 Å². The van der Waals surface area contributed by atoms with E-state index in [1.807, 2.05) is 42.5 Å². The largest absolute Gasteiger partial charge is 0.376 e. The number of nitrogens with one attached hydrogen (secondary N) is 3. The molecule has 2 aromatic carbocycles. The van der Waals surface area contributed by atoms with Crippen LogP contribution in [0.5, 0.6) is 0 Å². The predicted molar refractivity (Wildman–Crippen MR) is 107 cm³/mol. The minimum absolute atomic E-state index is 0.115. The Morgan fingerprint density at radius 3 is 2.73 bits per heavy atom. The summed E-state index contributed by atoms with van der Waals surface area (Å²) >= 11 is 5.32. The van der Waals surface area contributed by atoms with Gasteiger partial charge in [0, 0.05) is 30.9 Å². The number of rotatable bonds is 6. The number of thiocarbonyl (C=S) groups is 1. The molecule has 0 saturated carbocycles. The van der Waals surface area contributed by atoms with Crippen LogP contribution in [0.2, 0.25) is 0 Å². The number of anilines is 1. The third-order valence-corrected chi connectivity index (χ3v) is 4.44. The van der Waals surface area contributed by atoms with Gasteiger partial charge in [0.05, 0.1) is 6.10 Å². The Bertz CT molecular complexity index is 746. The fourth-order valence-corrected chi connectivity index (χ4v) is 3.01. The van der Waals surface area contributed by atoms with Gasteiger partial charge >= 0.3 is 0 Å². The summed E-state index contributed by atoms with van der Waals surface area (Å²) in [7, 11) is 0. The lowest BCUT2D eigenvalue weighted by Gasteiger charge is -2.14. The molecule has 1 atom stereocenters. The summed E-state index contributed by atoms with van der Waals surface area (Å²) in [4.78, 5) is 12.4. The molecule has 3 N–H and O–H groups in total. The molecular formula is C20H23N3O2S. The lowest BCUT2D eigenvalue weighted by molar-refractivity contribution is 0.0951. The number of carbonyl (C=O) groups is 1. The van der Waals surface area contributed by atoms with Gasteiger partial charge in [-0.25, -0.2) is 0 Å². The van der Waals surface area contributed by atoms with Gasteiger partial charge in [-0.05, 0) is 48.8 Å². The zero-order valence-electron chi connectivity index (χ0n) is 14.5. The third kappa shape index (κ3) is 5.54. The smallest absolute Gasteiger partial charge is 0.251 e. The summed E-state index contributed by atoms with van der Waals surface area (Å²) < 4.78 is 5.56. The van der Waals surface area contributed by atoms with Gasteiger partial charge in [-0.2, -0.15) is 0 Å². The monoisotopic (exact) mass is 369 g/mol. The van der Waals surface area contributed by atoms with Crippen molar-refractivity contribution in [2.24, 2.45) is 0 Å². The molecule has 26 heavy (non-hydrogen) atoms. The van der Waals surface area contributed by atoms with Crippen molar-refractivity contribution in [2.45, 2.75) is 25.5 Å². The van der Waals surface area contributed by atoms with E-state index in [1.165, 1.54) is 0 Å². The van der Waals surface area contributed by atoms with Crippen LogP contribution in [0.1, 0.15) is 28.8 Å². The molecule has 0 bridgehead atoms. The van der Waals surface area contributed by atoms with E-state index in [0.29, 0.717) is 23.8 Å². The molecule has 0 spiro atoms. The lowest BCUT2D eigenvalue weighted by Crippen LogP contribution is -2.34. The fraction of sp³-hybridized carbons (Fsp3) is 0.300. The molecule has 5 nitrogen and oxygen atoms in total. The maximum atomic E-state index is 12.4. The highest BCUT2D eigenvalue weighted by molar-refractivity contribution is 7.80. The SMILES string of the molecule is O=C(NCc1ccccc1)c1cccc(NC(=S)NC[C@H]2CCCO2)c1. The Kier molecular flexibility index (Phi) is 6.57. The van der Waals surface area contributed by atoms with Gasteiger partial charge in [0.25, 0.3) is 5.91 Å². The zero-order chi connectivity index (χ0) is 18.2. The molecule has 0 aliphatic carbocycles. The summed E-state index contributed by atoms with van der Waals surface area (Å²) in [5.41, 5.74) is 2.43. The standard InChI is InChI=1S/C20H23N3O2S/c24-19(21-13-15-6-2-1-3-7-15)16-8-4-9-17(12-16)23-20(26)22-14-18-10-5-11-25-18/h1-4,6-9,12,18H,5,10-11,13-14H2,(H,21,24)(H2,22,23,26)/t18-/m1/s1. The number of ether oxygens (including phenoxy) is 1. The van der Waals surface area contributed by atoms with Crippen molar-refractivity contribution in [2.75, 3.05) is 18.5 Å². The first-order chi connectivity index (χ1) is 12.7. The molecule has 0 radical (unpaired) electrons. The second kappa shape index (κ2) is 9.31. The Labute approximate surface area is 159 Å². The molecule has 3 rings (SSSR count). The normalized spacial score (nSPS) is 16.1. The molecule has 1 heterocycles. The number of benzene rings is 2. The van der Waals surface area contributed by atoms with Crippen molar-refractivity contribution in [3.8, 4) is 0 Å². The first-order valence-corrected chi connectivity index (χ1v) is 9.20. The minimum Gasteiger partial charge on any atom is -0.376 e. The second-order valence-electron chi connectivity index (χ2n) is 6.22. The van der Waals surface area contributed by atoms with Gasteiger partial charge in [0.2, 0.25) is 0 Å². The van der Waals surface area contributed by atoms with Crippen LogP contribution < -0.4 is 16.0 Å². The van der Waals surface area contributed by atoms with Gasteiger partial charge in [-0.1, -0.05) is 36.4 Å². The molecule has 1 fully saturated rings. The highest BCUT2D eigenvalue weighted by Gasteiger charge is 2.15. The Balaban J connectivity index is 1.50. The molecule has 0 unspecified atom stereocenters. The van der Waals surface area contributed by atoms with Gasteiger partial charge in [0.15, 0.2) is 5.11 Å². The first kappa shape index (κ1) is 18.4. The Hall–Kier alpha value is -2.44. The van der Waals surface area contributed by atoms with Crippen molar-refractivity contribution in [1.82, 2.24) is 10.6 Å². The van der Waals surface area contributed by atoms with E-state index >= 15 is 0 Å². The summed E-state index contributed by atoms with van der Waals surface area (Å²) in [6.07, 6.45) is 2.39. The zero-order valence-corrected chi connectivity index (χ0v) is 15.4. The maximum Gasteiger partial charge on any atom is 0.251 e. The van der Waals surface area contributed by atoms with E-state index in [-0.39, 0.29) is 12.0 Å². The molecule has 1 aliphatic heterocycles. The molecule has 0 aromatic heterocycles. The van der Waals surface area contributed by atoms with Crippen LogP contribution in [-0.4, -0.2) is 30.3 Å². The van der Waals surface area contributed by atoms with Crippen LogP contribution in [0.25, 0.3) is 0 Å². The van der Waals surface area contributed by atoms with Crippen LogP contribution in [0.4, 0.5) is 5.69 Å².